The molecule has 0 saturated heterocycles. The quantitative estimate of drug-likeness (QED) is 0.636. The molecule has 0 aliphatic carbocycles. The lowest BCUT2D eigenvalue weighted by atomic mass is 10.2. The minimum Gasteiger partial charge on any atom is -0.319 e. The predicted octanol–water partition coefficient (Wildman–Crippen LogP) is 1.24. The van der Waals surface area contributed by atoms with Gasteiger partial charge in [-0.05, 0) is 12.1 Å². The summed E-state index contributed by atoms with van der Waals surface area (Å²) in [7, 11) is 1.69. The van der Waals surface area contributed by atoms with Crippen molar-refractivity contribution in [2.75, 3.05) is 5.32 Å². The lowest BCUT2D eigenvalue weighted by Crippen LogP contribution is -2.22. The third kappa shape index (κ3) is 2.57. The zero-order chi connectivity index (χ0) is 12.3. The zero-order valence-electron chi connectivity index (χ0n) is 9.25. The Bertz CT molecular complexity index is 546. The van der Waals surface area contributed by atoms with Crippen molar-refractivity contribution < 1.29 is 9.59 Å². The van der Waals surface area contributed by atoms with Crippen LogP contribution in [0.1, 0.15) is 10.4 Å². The molecule has 0 unspecified atom stereocenters. The number of aromatic nitrogens is 2. The lowest BCUT2D eigenvalue weighted by molar-refractivity contribution is -0.112. The van der Waals surface area contributed by atoms with Crippen LogP contribution < -0.4 is 5.32 Å². The molecule has 0 aliphatic rings. The fraction of sp³-hybridized carbons (Fsp3) is 0.0833. The van der Waals surface area contributed by atoms with Crippen molar-refractivity contribution in [3.8, 4) is 0 Å². The summed E-state index contributed by atoms with van der Waals surface area (Å²) < 4.78 is 1.48. The second-order valence-electron chi connectivity index (χ2n) is 3.55. The van der Waals surface area contributed by atoms with Gasteiger partial charge in [0.1, 0.15) is 0 Å². The number of hydrogen-bond acceptors (Lipinski definition) is 3. The van der Waals surface area contributed by atoms with Crippen molar-refractivity contribution in [2.24, 2.45) is 7.05 Å². The summed E-state index contributed by atoms with van der Waals surface area (Å²) in [4.78, 5) is 23.3. The molecule has 0 bridgehead atoms. The lowest BCUT2D eigenvalue weighted by Gasteiger charge is -2.02. The molecule has 1 N–H and O–H groups in total. The molecule has 86 valence electrons. The molecule has 0 atom stereocenters. The molecule has 5 nitrogen and oxygen atoms in total. The Morgan fingerprint density at radius 3 is 2.53 bits per heavy atom. The van der Waals surface area contributed by atoms with E-state index in [1.54, 1.807) is 31.3 Å². The molecule has 0 radical (unpaired) electrons. The van der Waals surface area contributed by atoms with E-state index in [9.17, 15) is 9.59 Å². The zero-order valence-corrected chi connectivity index (χ0v) is 9.25. The Labute approximate surface area is 98.1 Å². The predicted molar refractivity (Wildman–Crippen MR) is 62.6 cm³/mol. The van der Waals surface area contributed by atoms with Crippen molar-refractivity contribution >= 4 is 17.4 Å². The maximum atomic E-state index is 11.7. The van der Waals surface area contributed by atoms with Crippen LogP contribution in [0.5, 0.6) is 0 Å². The largest absolute Gasteiger partial charge is 0.319 e. The van der Waals surface area contributed by atoms with Crippen molar-refractivity contribution in [1.29, 1.82) is 0 Å². The van der Waals surface area contributed by atoms with Crippen molar-refractivity contribution in [2.45, 2.75) is 0 Å². The van der Waals surface area contributed by atoms with Gasteiger partial charge in [-0.3, -0.25) is 14.3 Å². The summed E-state index contributed by atoms with van der Waals surface area (Å²) in [5, 5.41) is 6.37. The van der Waals surface area contributed by atoms with Gasteiger partial charge in [-0.1, -0.05) is 18.2 Å². The number of para-hydroxylation sites is 1. The normalized spacial score (nSPS) is 9.94. The van der Waals surface area contributed by atoms with Crippen LogP contribution in [0.2, 0.25) is 0 Å². The van der Waals surface area contributed by atoms with Gasteiger partial charge < -0.3 is 5.32 Å². The van der Waals surface area contributed by atoms with Gasteiger partial charge in [0, 0.05) is 18.9 Å². The van der Waals surface area contributed by atoms with E-state index in [1.165, 1.54) is 17.1 Å². The number of nitrogens with one attached hydrogen (secondary N) is 1. The average molecular weight is 229 g/mol. The summed E-state index contributed by atoms with van der Waals surface area (Å²) in [6, 6.07) is 8.83. The number of nitrogens with zero attached hydrogens (tertiary/aromatic N) is 2. The highest BCUT2D eigenvalue weighted by Gasteiger charge is 2.17. The molecule has 17 heavy (non-hydrogen) atoms. The molecule has 1 aromatic carbocycles. The van der Waals surface area contributed by atoms with Crippen molar-refractivity contribution in [3.05, 3.63) is 48.3 Å². The van der Waals surface area contributed by atoms with Crippen LogP contribution in [-0.4, -0.2) is 21.5 Å². The van der Waals surface area contributed by atoms with Crippen LogP contribution in [-0.2, 0) is 11.8 Å². The number of anilines is 1. The first-order chi connectivity index (χ1) is 8.16. The van der Waals surface area contributed by atoms with Gasteiger partial charge in [-0.25, -0.2) is 0 Å². The van der Waals surface area contributed by atoms with Crippen LogP contribution in [0.4, 0.5) is 5.69 Å². The van der Waals surface area contributed by atoms with Crippen LogP contribution in [0.3, 0.4) is 0 Å². The Kier molecular flexibility index (Phi) is 3.00. The third-order valence-corrected chi connectivity index (χ3v) is 2.20. The second kappa shape index (κ2) is 4.61. The average Bonchev–Trinajstić information content (AvgIpc) is 2.76. The van der Waals surface area contributed by atoms with Gasteiger partial charge in [-0.2, -0.15) is 5.10 Å². The van der Waals surface area contributed by atoms with Crippen LogP contribution in [0, 0.1) is 0 Å². The molecule has 0 aliphatic heterocycles. The molecule has 5 heteroatoms. The molecule has 1 aromatic heterocycles. The summed E-state index contributed by atoms with van der Waals surface area (Å²) >= 11 is 0. The van der Waals surface area contributed by atoms with Crippen LogP contribution in [0.15, 0.2) is 42.7 Å². The van der Waals surface area contributed by atoms with E-state index in [1.807, 2.05) is 6.07 Å². The van der Waals surface area contributed by atoms with E-state index >= 15 is 0 Å². The van der Waals surface area contributed by atoms with E-state index in [2.05, 4.69) is 10.4 Å². The minimum atomic E-state index is -0.663. The number of hydrogen-bond donors (Lipinski definition) is 1. The number of rotatable bonds is 3. The van der Waals surface area contributed by atoms with Gasteiger partial charge in [0.25, 0.3) is 11.7 Å². The third-order valence-electron chi connectivity index (χ3n) is 2.20. The van der Waals surface area contributed by atoms with E-state index in [4.69, 9.17) is 0 Å². The highest BCUT2D eigenvalue weighted by molar-refractivity contribution is 6.46. The standard InChI is InChI=1S/C12H11N3O2/c1-15-8-9(7-13-15)11(16)12(17)14-10-5-3-2-4-6-10/h2-8H,1H3,(H,14,17). The highest BCUT2D eigenvalue weighted by atomic mass is 16.2. The molecule has 1 amide bonds. The van der Waals surface area contributed by atoms with Crippen molar-refractivity contribution in [1.82, 2.24) is 9.78 Å². The van der Waals surface area contributed by atoms with E-state index in [0.29, 0.717) is 5.69 Å². The number of carbonyl (C=O) groups excluding carboxylic acids is 2. The number of benzene rings is 1. The van der Waals surface area contributed by atoms with E-state index < -0.39 is 11.7 Å². The highest BCUT2D eigenvalue weighted by Crippen LogP contribution is 2.06. The molecule has 1 heterocycles. The Hall–Kier alpha value is -2.43. The first kappa shape index (κ1) is 11.1. The second-order valence-corrected chi connectivity index (χ2v) is 3.55. The summed E-state index contributed by atoms with van der Waals surface area (Å²) in [6.45, 7) is 0. The molecular formula is C12H11N3O2. The maximum Gasteiger partial charge on any atom is 0.296 e. The summed E-state index contributed by atoms with van der Waals surface area (Å²) in [6.07, 6.45) is 2.87. The number of ketones is 1. The Morgan fingerprint density at radius 2 is 1.94 bits per heavy atom. The molecule has 0 saturated carbocycles. The van der Waals surface area contributed by atoms with Gasteiger partial charge in [-0.15, -0.1) is 0 Å². The molecule has 2 rings (SSSR count). The number of carbonyl (C=O) groups is 2. The van der Waals surface area contributed by atoms with Gasteiger partial charge >= 0.3 is 0 Å². The summed E-state index contributed by atoms with van der Waals surface area (Å²) in [5.41, 5.74) is 0.871. The number of amides is 1. The monoisotopic (exact) mass is 229 g/mol. The number of Topliss-reactive ketones (excluding diaryl/α,β-unsaturated/α-hetero) is 1. The SMILES string of the molecule is Cn1cc(C(=O)C(=O)Nc2ccccc2)cn1. The van der Waals surface area contributed by atoms with E-state index in [-0.39, 0.29) is 5.56 Å². The first-order valence-corrected chi connectivity index (χ1v) is 5.06. The molecule has 2 aromatic rings. The van der Waals surface area contributed by atoms with Crippen LogP contribution in [0.25, 0.3) is 0 Å². The van der Waals surface area contributed by atoms with Gasteiger partial charge in [0.2, 0.25) is 0 Å². The fourth-order valence-electron chi connectivity index (χ4n) is 1.38. The molecular weight excluding hydrogens is 218 g/mol. The maximum absolute atomic E-state index is 11.7. The van der Waals surface area contributed by atoms with Gasteiger partial charge in [0.15, 0.2) is 0 Å². The minimum absolute atomic E-state index is 0.279. The van der Waals surface area contributed by atoms with E-state index in [0.717, 1.165) is 0 Å². The Morgan fingerprint density at radius 1 is 1.24 bits per heavy atom. The molecule has 0 spiro atoms. The topological polar surface area (TPSA) is 64.0 Å². The summed E-state index contributed by atoms with van der Waals surface area (Å²) in [5.74, 6) is -1.26. The van der Waals surface area contributed by atoms with Crippen LogP contribution >= 0.6 is 0 Å². The van der Waals surface area contributed by atoms with Crippen molar-refractivity contribution in [3.63, 3.8) is 0 Å². The smallest absolute Gasteiger partial charge is 0.296 e. The Balaban J connectivity index is 2.09. The van der Waals surface area contributed by atoms with Gasteiger partial charge in [0.05, 0.1) is 11.8 Å². The number of aryl methyl sites for hydroxylation is 1. The first-order valence-electron chi connectivity index (χ1n) is 5.06. The molecule has 0 fully saturated rings. The fourth-order valence-corrected chi connectivity index (χ4v) is 1.38.